The first-order valence-electron chi connectivity index (χ1n) is 6.39. The van der Waals surface area contributed by atoms with Gasteiger partial charge in [0, 0.05) is 17.3 Å². The van der Waals surface area contributed by atoms with Gasteiger partial charge in [-0.1, -0.05) is 13.8 Å². The summed E-state index contributed by atoms with van der Waals surface area (Å²) in [5.74, 6) is 1.35. The van der Waals surface area contributed by atoms with Crippen LogP contribution in [0, 0.1) is 0 Å². The minimum absolute atomic E-state index is 0.785. The van der Waals surface area contributed by atoms with E-state index in [-0.39, 0.29) is 0 Å². The Balaban J connectivity index is 1.72. The number of hydrogen-bond donors (Lipinski definition) is 1. The highest BCUT2D eigenvalue weighted by Crippen LogP contribution is 2.27. The third-order valence-electron chi connectivity index (χ3n) is 3.86. The lowest BCUT2D eigenvalue weighted by atomic mass is 10.0. The number of piperidine rings is 1. The SMILES string of the molecule is CCN1CCC(NC2CCSC2C)CC1. The number of rotatable bonds is 3. The lowest BCUT2D eigenvalue weighted by Gasteiger charge is -2.33. The first-order chi connectivity index (χ1) is 7.29. The number of likely N-dealkylation sites (tertiary alicyclic amines) is 1. The summed E-state index contributed by atoms with van der Waals surface area (Å²) in [4.78, 5) is 2.56. The highest BCUT2D eigenvalue weighted by atomic mass is 32.2. The molecule has 0 amide bonds. The van der Waals surface area contributed by atoms with Crippen LogP contribution in [-0.4, -0.2) is 47.6 Å². The Labute approximate surface area is 98.2 Å². The molecule has 0 radical (unpaired) electrons. The minimum atomic E-state index is 0.785. The predicted octanol–water partition coefficient (Wildman–Crippen LogP) is 1.95. The Morgan fingerprint density at radius 1 is 1.27 bits per heavy atom. The van der Waals surface area contributed by atoms with Crippen LogP contribution in [0.2, 0.25) is 0 Å². The Morgan fingerprint density at radius 2 is 2.00 bits per heavy atom. The molecule has 3 heteroatoms. The molecule has 2 aliphatic rings. The second-order valence-corrected chi connectivity index (χ2v) is 6.33. The third kappa shape index (κ3) is 3.11. The van der Waals surface area contributed by atoms with E-state index in [4.69, 9.17) is 0 Å². The fraction of sp³-hybridized carbons (Fsp3) is 1.00. The van der Waals surface area contributed by atoms with Crippen LogP contribution in [0.5, 0.6) is 0 Å². The van der Waals surface area contributed by atoms with Gasteiger partial charge >= 0.3 is 0 Å². The van der Waals surface area contributed by atoms with Gasteiger partial charge in [-0.3, -0.25) is 0 Å². The molecule has 2 nitrogen and oxygen atoms in total. The smallest absolute Gasteiger partial charge is 0.0194 e. The molecule has 2 saturated heterocycles. The Kier molecular flexibility index (Phi) is 4.35. The van der Waals surface area contributed by atoms with E-state index in [1.807, 2.05) is 0 Å². The summed E-state index contributed by atoms with van der Waals surface area (Å²) in [6.45, 7) is 8.45. The second kappa shape index (κ2) is 5.55. The van der Waals surface area contributed by atoms with Gasteiger partial charge in [0.15, 0.2) is 0 Å². The van der Waals surface area contributed by atoms with Crippen molar-refractivity contribution in [3.8, 4) is 0 Å². The van der Waals surface area contributed by atoms with Gasteiger partial charge in [-0.15, -0.1) is 0 Å². The molecule has 0 bridgehead atoms. The maximum Gasteiger partial charge on any atom is 0.0194 e. The zero-order chi connectivity index (χ0) is 10.7. The Morgan fingerprint density at radius 3 is 2.53 bits per heavy atom. The Bertz CT molecular complexity index is 190. The number of nitrogens with zero attached hydrogens (tertiary/aromatic N) is 1. The second-order valence-electron chi connectivity index (χ2n) is 4.85. The van der Waals surface area contributed by atoms with E-state index in [0.29, 0.717) is 0 Å². The summed E-state index contributed by atoms with van der Waals surface area (Å²) in [5.41, 5.74) is 0. The van der Waals surface area contributed by atoms with Gasteiger partial charge in [-0.2, -0.15) is 11.8 Å². The van der Waals surface area contributed by atoms with E-state index >= 15 is 0 Å². The lowest BCUT2D eigenvalue weighted by molar-refractivity contribution is 0.198. The first kappa shape index (κ1) is 11.7. The molecule has 2 heterocycles. The van der Waals surface area contributed by atoms with Crippen molar-refractivity contribution in [2.75, 3.05) is 25.4 Å². The van der Waals surface area contributed by atoms with Crippen LogP contribution >= 0.6 is 11.8 Å². The van der Waals surface area contributed by atoms with Crippen LogP contribution in [0.15, 0.2) is 0 Å². The van der Waals surface area contributed by atoms with Gasteiger partial charge in [0.2, 0.25) is 0 Å². The molecule has 2 fully saturated rings. The van der Waals surface area contributed by atoms with Crippen LogP contribution in [-0.2, 0) is 0 Å². The van der Waals surface area contributed by atoms with Crippen LogP contribution in [0.25, 0.3) is 0 Å². The molecule has 2 unspecified atom stereocenters. The fourth-order valence-corrected chi connectivity index (χ4v) is 3.88. The van der Waals surface area contributed by atoms with Crippen LogP contribution in [0.3, 0.4) is 0 Å². The molecule has 1 N–H and O–H groups in total. The normalized spacial score (nSPS) is 34.8. The highest BCUT2D eigenvalue weighted by molar-refractivity contribution is 8.00. The minimum Gasteiger partial charge on any atom is -0.310 e. The number of thioether (sulfide) groups is 1. The lowest BCUT2D eigenvalue weighted by Crippen LogP contribution is -2.47. The van der Waals surface area contributed by atoms with Crippen molar-refractivity contribution >= 4 is 11.8 Å². The predicted molar refractivity (Wildman–Crippen MR) is 68.6 cm³/mol. The van der Waals surface area contributed by atoms with Crippen LogP contribution in [0.4, 0.5) is 0 Å². The molecule has 0 aromatic heterocycles. The summed E-state index contributed by atoms with van der Waals surface area (Å²) in [7, 11) is 0. The average molecular weight is 228 g/mol. The summed E-state index contributed by atoms with van der Waals surface area (Å²) in [5, 5.41) is 4.69. The van der Waals surface area contributed by atoms with Gasteiger partial charge in [0.25, 0.3) is 0 Å². The molecule has 2 atom stereocenters. The van der Waals surface area contributed by atoms with Gasteiger partial charge in [0.05, 0.1) is 0 Å². The summed E-state index contributed by atoms with van der Waals surface area (Å²) in [6.07, 6.45) is 4.07. The van der Waals surface area contributed by atoms with Crippen LogP contribution in [0.1, 0.15) is 33.1 Å². The zero-order valence-corrected chi connectivity index (χ0v) is 10.9. The topological polar surface area (TPSA) is 15.3 Å². The van der Waals surface area contributed by atoms with Crippen molar-refractivity contribution in [3.05, 3.63) is 0 Å². The van der Waals surface area contributed by atoms with Crippen molar-refractivity contribution < 1.29 is 0 Å². The van der Waals surface area contributed by atoms with Crippen LogP contribution < -0.4 is 5.32 Å². The Hall–Kier alpha value is 0.270. The van der Waals surface area contributed by atoms with Crippen molar-refractivity contribution in [3.63, 3.8) is 0 Å². The van der Waals surface area contributed by atoms with Crippen molar-refractivity contribution in [2.24, 2.45) is 0 Å². The standard InChI is InChI=1S/C12H24N2S/c1-3-14-7-4-11(5-8-14)13-12-6-9-15-10(12)2/h10-13H,3-9H2,1-2H3. The average Bonchev–Trinajstić information content (AvgIpc) is 2.66. The van der Waals surface area contributed by atoms with Crippen molar-refractivity contribution in [1.29, 1.82) is 0 Å². The van der Waals surface area contributed by atoms with Gasteiger partial charge in [-0.25, -0.2) is 0 Å². The van der Waals surface area contributed by atoms with Gasteiger partial charge < -0.3 is 10.2 Å². The first-order valence-corrected chi connectivity index (χ1v) is 7.44. The monoisotopic (exact) mass is 228 g/mol. The molecule has 0 spiro atoms. The van der Waals surface area contributed by atoms with Gasteiger partial charge in [-0.05, 0) is 44.6 Å². The molecule has 2 rings (SSSR count). The van der Waals surface area contributed by atoms with E-state index in [1.54, 1.807) is 0 Å². The molecule has 0 aliphatic carbocycles. The molecule has 0 aromatic carbocycles. The zero-order valence-electron chi connectivity index (χ0n) is 10.0. The third-order valence-corrected chi connectivity index (χ3v) is 5.19. The molecular formula is C12H24N2S. The molecule has 2 aliphatic heterocycles. The summed E-state index contributed by atoms with van der Waals surface area (Å²) >= 11 is 2.13. The summed E-state index contributed by atoms with van der Waals surface area (Å²) in [6, 6.07) is 1.58. The maximum atomic E-state index is 3.86. The molecular weight excluding hydrogens is 204 g/mol. The largest absolute Gasteiger partial charge is 0.310 e. The van der Waals surface area contributed by atoms with Crippen molar-refractivity contribution in [2.45, 2.75) is 50.4 Å². The quantitative estimate of drug-likeness (QED) is 0.795. The van der Waals surface area contributed by atoms with E-state index in [1.165, 1.54) is 44.6 Å². The van der Waals surface area contributed by atoms with Gasteiger partial charge in [0.1, 0.15) is 0 Å². The highest BCUT2D eigenvalue weighted by Gasteiger charge is 2.27. The van der Waals surface area contributed by atoms with E-state index < -0.39 is 0 Å². The van der Waals surface area contributed by atoms with E-state index in [2.05, 4.69) is 35.8 Å². The molecule has 0 saturated carbocycles. The number of hydrogen-bond acceptors (Lipinski definition) is 3. The summed E-state index contributed by atoms with van der Waals surface area (Å²) < 4.78 is 0. The molecule has 15 heavy (non-hydrogen) atoms. The maximum absolute atomic E-state index is 3.86. The van der Waals surface area contributed by atoms with Crippen molar-refractivity contribution in [1.82, 2.24) is 10.2 Å². The fourth-order valence-electron chi connectivity index (χ4n) is 2.67. The van der Waals surface area contributed by atoms with E-state index in [9.17, 15) is 0 Å². The van der Waals surface area contributed by atoms with E-state index in [0.717, 1.165) is 17.3 Å². The molecule has 88 valence electrons. The number of nitrogens with one attached hydrogen (secondary N) is 1. The molecule has 0 aromatic rings.